The Hall–Kier alpha value is -4.16. The molecule has 2 aliphatic heterocycles. The number of methoxy groups -OCH3 is 1. The molecule has 0 unspecified atom stereocenters. The van der Waals surface area contributed by atoms with E-state index in [2.05, 4.69) is 59.9 Å². The first-order valence-corrected chi connectivity index (χ1v) is 15.4. The van der Waals surface area contributed by atoms with Crippen LogP contribution < -0.4 is 25.3 Å². The van der Waals surface area contributed by atoms with Crippen LogP contribution in [0.25, 0.3) is 5.65 Å². The van der Waals surface area contributed by atoms with Crippen LogP contribution in [0.1, 0.15) is 55.7 Å². The zero-order chi connectivity index (χ0) is 31.7. The highest BCUT2D eigenvalue weighted by molar-refractivity contribution is 6.62. The van der Waals surface area contributed by atoms with Crippen LogP contribution in [0.2, 0.25) is 0 Å². The van der Waals surface area contributed by atoms with Crippen LogP contribution in [0, 0.1) is 0 Å². The Labute approximate surface area is 262 Å². The molecule has 4 heterocycles. The minimum absolute atomic E-state index is 0.260. The number of rotatable bonds is 8. The van der Waals surface area contributed by atoms with Crippen molar-refractivity contribution < 1.29 is 23.2 Å². The van der Waals surface area contributed by atoms with Crippen LogP contribution in [-0.2, 0) is 22.3 Å². The van der Waals surface area contributed by atoms with Gasteiger partial charge < -0.3 is 29.2 Å². The molecule has 1 N–H and O–H groups in total. The Morgan fingerprint density at radius 3 is 2.53 bits per heavy atom. The van der Waals surface area contributed by atoms with Gasteiger partial charge in [0.25, 0.3) is 5.91 Å². The van der Waals surface area contributed by atoms with Crippen LogP contribution in [0.15, 0.2) is 54.7 Å². The normalized spacial score (nSPS) is 21.2. The van der Waals surface area contributed by atoms with E-state index in [1.807, 2.05) is 43.4 Å². The molecule has 7 rings (SSSR count). The van der Waals surface area contributed by atoms with E-state index in [-0.39, 0.29) is 5.69 Å². The van der Waals surface area contributed by atoms with Gasteiger partial charge in [-0.15, -0.1) is 5.10 Å². The molecule has 2 atom stereocenters. The number of imidazole rings is 1. The molecule has 12 heteroatoms. The Morgan fingerprint density at radius 1 is 1.16 bits per heavy atom. The molecule has 45 heavy (non-hydrogen) atoms. The van der Waals surface area contributed by atoms with Crippen molar-refractivity contribution in [2.75, 3.05) is 30.5 Å². The van der Waals surface area contributed by atoms with Crippen LogP contribution in [0.4, 0.5) is 21.6 Å². The summed E-state index contributed by atoms with van der Waals surface area (Å²) in [4.78, 5) is 22.1. The molecular weight excluding hydrogens is 574 g/mol. The molecule has 1 aliphatic carbocycles. The van der Waals surface area contributed by atoms with Crippen LogP contribution in [-0.4, -0.2) is 71.7 Å². The number of anilines is 3. The molecule has 234 valence electrons. The summed E-state index contributed by atoms with van der Waals surface area (Å²) in [6.45, 7) is 9.51. The van der Waals surface area contributed by atoms with Gasteiger partial charge in [0.1, 0.15) is 11.9 Å². The molecular formula is C33H38BFN6O4. The minimum atomic E-state index is -1.01. The summed E-state index contributed by atoms with van der Waals surface area (Å²) in [5.74, 6) is 1.06. The Bertz CT molecular complexity index is 1760. The second-order valence-electron chi connectivity index (χ2n) is 13.1. The number of hydrogen-bond donors (Lipinski definition) is 1. The molecule has 2 fully saturated rings. The molecule has 2 aromatic heterocycles. The number of benzene rings is 2. The first-order chi connectivity index (χ1) is 21.5. The van der Waals surface area contributed by atoms with Crippen molar-refractivity contribution in [1.29, 1.82) is 0 Å². The monoisotopic (exact) mass is 612 g/mol. The molecule has 2 aromatic carbocycles. The lowest BCUT2D eigenvalue weighted by Crippen LogP contribution is -2.41. The highest BCUT2D eigenvalue weighted by Crippen LogP contribution is 2.40. The summed E-state index contributed by atoms with van der Waals surface area (Å²) >= 11 is 0. The minimum Gasteiger partial charge on any atom is -0.497 e. The second-order valence-corrected chi connectivity index (χ2v) is 13.1. The number of halogens is 1. The van der Waals surface area contributed by atoms with Gasteiger partial charge in [-0.3, -0.25) is 4.79 Å². The fourth-order valence-electron chi connectivity index (χ4n) is 6.04. The van der Waals surface area contributed by atoms with Crippen LogP contribution >= 0.6 is 0 Å². The van der Waals surface area contributed by atoms with E-state index in [1.165, 1.54) is 6.20 Å². The number of fused-ring (bicyclic) bond motifs is 2. The first-order valence-electron chi connectivity index (χ1n) is 15.4. The Morgan fingerprint density at radius 2 is 1.87 bits per heavy atom. The van der Waals surface area contributed by atoms with E-state index in [4.69, 9.17) is 19.1 Å². The molecule has 10 nitrogen and oxygen atoms in total. The smallest absolute Gasteiger partial charge is 0.495 e. The van der Waals surface area contributed by atoms with Crippen molar-refractivity contribution in [2.45, 2.75) is 70.5 Å². The average molecular weight is 613 g/mol. The van der Waals surface area contributed by atoms with Crippen molar-refractivity contribution >= 4 is 41.3 Å². The standard InChI is InChI=1S/C33H38BFN6O4/c1-32(2)33(3,4)45-34(44-32)23-8-7-9-26-22(23)14-15-40(26)29-17-27(39(5)19-20-10-12-21(43-6)13-11-20)30-36-18-28(41(30)38-29)31(42)37-25-16-24(25)35/h7-13,17-18,24-25H,14-16,19H2,1-6H3,(H,37,42)/t24-,25+/m0/s1. The third-order valence-corrected chi connectivity index (χ3v) is 9.53. The number of nitrogens with one attached hydrogen (secondary N) is 1. The number of alkyl halides is 1. The quantitative estimate of drug-likeness (QED) is 0.296. The van der Waals surface area contributed by atoms with E-state index in [9.17, 15) is 9.18 Å². The number of carbonyl (C=O) groups excluding carboxylic acids is 1. The maximum Gasteiger partial charge on any atom is 0.495 e. The number of carbonyl (C=O) groups is 1. The van der Waals surface area contributed by atoms with E-state index in [0.29, 0.717) is 31.0 Å². The van der Waals surface area contributed by atoms with E-state index >= 15 is 0 Å². The van der Waals surface area contributed by atoms with E-state index in [0.717, 1.165) is 40.1 Å². The first kappa shape index (κ1) is 29.6. The summed E-state index contributed by atoms with van der Waals surface area (Å²) in [7, 11) is 3.16. The maximum atomic E-state index is 13.7. The number of aromatic nitrogens is 3. The van der Waals surface area contributed by atoms with Gasteiger partial charge >= 0.3 is 7.12 Å². The molecule has 1 saturated carbocycles. The maximum absolute atomic E-state index is 13.7. The zero-order valence-electron chi connectivity index (χ0n) is 26.5. The average Bonchev–Trinajstić information content (AvgIpc) is 3.32. The van der Waals surface area contributed by atoms with Gasteiger partial charge in [-0.25, -0.2) is 13.9 Å². The van der Waals surface area contributed by atoms with Gasteiger partial charge in [0, 0.05) is 38.3 Å². The molecule has 0 radical (unpaired) electrons. The summed E-state index contributed by atoms with van der Waals surface area (Å²) in [6.07, 6.45) is 1.61. The summed E-state index contributed by atoms with van der Waals surface area (Å²) in [6, 6.07) is 15.6. The molecule has 1 amide bonds. The predicted molar refractivity (Wildman–Crippen MR) is 172 cm³/mol. The number of nitrogens with zero attached hydrogens (tertiary/aromatic N) is 5. The SMILES string of the molecule is COc1ccc(CN(C)c2cc(N3CCc4c(B5OC(C)(C)C(C)(C)O5)cccc43)nn3c(C(=O)N[C@@H]4C[C@@H]4F)cnc23)cc1. The molecule has 1 saturated heterocycles. The Balaban J connectivity index is 1.27. The predicted octanol–water partition coefficient (Wildman–Crippen LogP) is 4.21. The van der Waals surface area contributed by atoms with Crippen molar-refractivity contribution in [1.82, 2.24) is 19.9 Å². The van der Waals surface area contributed by atoms with Gasteiger partial charge in [-0.1, -0.05) is 24.3 Å². The van der Waals surface area contributed by atoms with Crippen molar-refractivity contribution in [2.24, 2.45) is 0 Å². The van der Waals surface area contributed by atoms with Crippen molar-refractivity contribution in [3.8, 4) is 5.75 Å². The van der Waals surface area contributed by atoms with E-state index < -0.39 is 36.4 Å². The summed E-state index contributed by atoms with van der Waals surface area (Å²) < 4.78 is 33.4. The molecule has 4 aromatic rings. The topological polar surface area (TPSA) is 93.5 Å². The zero-order valence-corrected chi connectivity index (χ0v) is 26.5. The van der Waals surface area contributed by atoms with Gasteiger partial charge in [0.2, 0.25) is 0 Å². The summed E-state index contributed by atoms with van der Waals surface area (Å²) in [5, 5.41) is 7.72. The van der Waals surface area contributed by atoms with Gasteiger partial charge in [-0.05, 0) is 68.9 Å². The van der Waals surface area contributed by atoms with Crippen LogP contribution in [0.3, 0.4) is 0 Å². The lowest BCUT2D eigenvalue weighted by molar-refractivity contribution is 0.00578. The van der Waals surface area contributed by atoms with Gasteiger partial charge in [0.15, 0.2) is 17.2 Å². The highest BCUT2D eigenvalue weighted by atomic mass is 19.1. The van der Waals surface area contributed by atoms with Crippen molar-refractivity contribution in [3.63, 3.8) is 0 Å². The van der Waals surface area contributed by atoms with E-state index in [1.54, 1.807) is 11.6 Å². The number of amides is 1. The van der Waals surface area contributed by atoms with Gasteiger partial charge in [-0.2, -0.15) is 0 Å². The van der Waals surface area contributed by atoms with Gasteiger partial charge in [0.05, 0.1) is 36.2 Å². The fourth-order valence-corrected chi connectivity index (χ4v) is 6.04. The number of hydrogen-bond acceptors (Lipinski definition) is 8. The number of ether oxygens (including phenoxy) is 1. The fraction of sp³-hybridized carbons (Fsp3) is 0.424. The Kier molecular flexibility index (Phi) is 7.05. The molecule has 0 spiro atoms. The summed E-state index contributed by atoms with van der Waals surface area (Å²) in [5.41, 5.74) is 4.97. The van der Waals surface area contributed by atoms with Crippen LogP contribution in [0.5, 0.6) is 5.75 Å². The molecule has 3 aliphatic rings. The largest absolute Gasteiger partial charge is 0.497 e. The third kappa shape index (κ3) is 5.19. The second kappa shape index (κ2) is 10.7. The lowest BCUT2D eigenvalue weighted by atomic mass is 9.75. The van der Waals surface area contributed by atoms with Crippen molar-refractivity contribution in [3.05, 3.63) is 71.5 Å². The molecule has 0 bridgehead atoms. The highest BCUT2D eigenvalue weighted by Gasteiger charge is 2.52. The third-order valence-electron chi connectivity index (χ3n) is 9.53. The lowest BCUT2D eigenvalue weighted by Gasteiger charge is -2.32.